The van der Waals surface area contributed by atoms with Crippen molar-refractivity contribution in [3.8, 4) is 5.75 Å². The van der Waals surface area contributed by atoms with Crippen LogP contribution in [0.1, 0.15) is 0 Å². The van der Waals surface area contributed by atoms with Gasteiger partial charge in [-0.05, 0) is 30.3 Å². The highest BCUT2D eigenvalue weighted by Gasteiger charge is 2.09. The molecular formula is C14H11ClF2N2O2. The summed E-state index contributed by atoms with van der Waals surface area (Å²) in [4.78, 5) is 11.7. The lowest BCUT2D eigenvalue weighted by Gasteiger charge is -2.10. The van der Waals surface area contributed by atoms with Gasteiger partial charge in [-0.1, -0.05) is 11.6 Å². The van der Waals surface area contributed by atoms with E-state index in [1.165, 1.54) is 12.1 Å². The maximum atomic E-state index is 13.3. The fourth-order valence-electron chi connectivity index (χ4n) is 1.57. The van der Waals surface area contributed by atoms with Gasteiger partial charge < -0.3 is 15.8 Å². The van der Waals surface area contributed by atoms with Crippen LogP contribution in [0, 0.1) is 11.6 Å². The molecule has 0 saturated carbocycles. The topological polar surface area (TPSA) is 64.3 Å². The van der Waals surface area contributed by atoms with Crippen LogP contribution in [0.5, 0.6) is 5.75 Å². The first-order chi connectivity index (χ1) is 9.95. The number of amides is 1. The molecule has 0 atom stereocenters. The lowest BCUT2D eigenvalue weighted by atomic mass is 10.2. The van der Waals surface area contributed by atoms with Gasteiger partial charge in [0, 0.05) is 11.1 Å². The summed E-state index contributed by atoms with van der Waals surface area (Å²) in [5.74, 6) is -2.35. The van der Waals surface area contributed by atoms with Gasteiger partial charge in [0.15, 0.2) is 18.2 Å². The fourth-order valence-corrected chi connectivity index (χ4v) is 1.75. The Hall–Kier alpha value is -2.34. The summed E-state index contributed by atoms with van der Waals surface area (Å²) in [6, 6.07) is 7.40. The van der Waals surface area contributed by atoms with Crippen LogP contribution in [0.15, 0.2) is 36.4 Å². The third-order valence-corrected chi connectivity index (χ3v) is 2.78. The molecule has 110 valence electrons. The molecule has 0 aromatic heterocycles. The Bertz CT molecular complexity index is 680. The van der Waals surface area contributed by atoms with Gasteiger partial charge in [-0.25, -0.2) is 8.78 Å². The summed E-state index contributed by atoms with van der Waals surface area (Å²) < 4.78 is 31.0. The van der Waals surface area contributed by atoms with Crippen LogP contribution in [-0.4, -0.2) is 12.5 Å². The monoisotopic (exact) mass is 312 g/mol. The molecule has 0 fully saturated rings. The number of ether oxygens (including phenoxy) is 1. The minimum atomic E-state index is -0.881. The molecule has 0 heterocycles. The predicted octanol–water partition coefficient (Wildman–Crippen LogP) is 3.22. The van der Waals surface area contributed by atoms with E-state index in [1.807, 2.05) is 0 Å². The molecule has 0 spiro atoms. The molecule has 0 saturated heterocycles. The highest BCUT2D eigenvalue weighted by molar-refractivity contribution is 6.31. The number of hydrogen-bond donors (Lipinski definition) is 2. The Labute approximate surface area is 124 Å². The summed E-state index contributed by atoms with van der Waals surface area (Å²) in [5.41, 5.74) is 6.34. The highest BCUT2D eigenvalue weighted by atomic mass is 35.5. The van der Waals surface area contributed by atoms with Crippen LogP contribution in [0.3, 0.4) is 0 Å². The average molecular weight is 313 g/mol. The van der Waals surface area contributed by atoms with Crippen molar-refractivity contribution in [1.29, 1.82) is 0 Å². The number of nitrogens with two attached hydrogens (primary N) is 1. The standard InChI is InChI=1S/C14H11ClF2N2O2/c15-8-1-3-12(11(18)5-8)19-14(20)7-21-13-4-2-9(16)6-10(13)17/h1-6H,7,18H2,(H,19,20). The van der Waals surface area contributed by atoms with E-state index in [4.69, 9.17) is 22.1 Å². The molecule has 0 aliphatic heterocycles. The van der Waals surface area contributed by atoms with E-state index in [0.717, 1.165) is 12.1 Å². The van der Waals surface area contributed by atoms with Crippen molar-refractivity contribution in [2.75, 3.05) is 17.7 Å². The molecule has 0 aliphatic rings. The van der Waals surface area contributed by atoms with Gasteiger partial charge in [0.05, 0.1) is 11.4 Å². The van der Waals surface area contributed by atoms with E-state index >= 15 is 0 Å². The van der Waals surface area contributed by atoms with Crippen LogP contribution in [0.25, 0.3) is 0 Å². The molecule has 2 aromatic carbocycles. The number of rotatable bonds is 4. The average Bonchev–Trinajstić information content (AvgIpc) is 2.41. The third kappa shape index (κ3) is 4.06. The van der Waals surface area contributed by atoms with Crippen LogP contribution in [-0.2, 0) is 4.79 Å². The fraction of sp³-hybridized carbons (Fsp3) is 0.0714. The molecule has 0 bridgehead atoms. The van der Waals surface area contributed by atoms with Crippen molar-refractivity contribution >= 4 is 28.9 Å². The Balaban J connectivity index is 1.96. The quantitative estimate of drug-likeness (QED) is 0.852. The second kappa shape index (κ2) is 6.41. The number of carbonyl (C=O) groups is 1. The molecule has 2 aromatic rings. The maximum Gasteiger partial charge on any atom is 0.262 e. The molecule has 21 heavy (non-hydrogen) atoms. The zero-order valence-corrected chi connectivity index (χ0v) is 11.5. The van der Waals surface area contributed by atoms with Crippen molar-refractivity contribution in [3.05, 3.63) is 53.1 Å². The summed E-state index contributed by atoms with van der Waals surface area (Å²) >= 11 is 5.74. The van der Waals surface area contributed by atoms with Crippen molar-refractivity contribution in [3.63, 3.8) is 0 Å². The lowest BCUT2D eigenvalue weighted by Crippen LogP contribution is -2.21. The van der Waals surface area contributed by atoms with Gasteiger partial charge in [-0.2, -0.15) is 0 Å². The number of hydrogen-bond acceptors (Lipinski definition) is 3. The number of anilines is 2. The Morgan fingerprint density at radius 2 is 2.00 bits per heavy atom. The summed E-state index contributed by atoms with van der Waals surface area (Å²) in [7, 11) is 0. The van der Waals surface area contributed by atoms with E-state index in [0.29, 0.717) is 22.5 Å². The van der Waals surface area contributed by atoms with Gasteiger partial charge in [0.25, 0.3) is 5.91 Å². The van der Waals surface area contributed by atoms with E-state index in [9.17, 15) is 13.6 Å². The Morgan fingerprint density at radius 1 is 1.24 bits per heavy atom. The number of nitrogens with one attached hydrogen (secondary N) is 1. The summed E-state index contributed by atoms with van der Waals surface area (Å²) in [5, 5.41) is 2.93. The molecule has 0 radical (unpaired) electrons. The van der Waals surface area contributed by atoms with Crippen LogP contribution in [0.4, 0.5) is 20.2 Å². The minimum Gasteiger partial charge on any atom is -0.481 e. The third-order valence-electron chi connectivity index (χ3n) is 2.54. The van der Waals surface area contributed by atoms with E-state index in [1.54, 1.807) is 6.07 Å². The van der Waals surface area contributed by atoms with E-state index in [-0.39, 0.29) is 5.75 Å². The first kappa shape index (κ1) is 15.1. The summed E-state index contributed by atoms with van der Waals surface area (Å²) in [6.45, 7) is -0.440. The van der Waals surface area contributed by atoms with Gasteiger partial charge >= 0.3 is 0 Å². The van der Waals surface area contributed by atoms with Crippen LogP contribution >= 0.6 is 11.6 Å². The largest absolute Gasteiger partial charge is 0.481 e. The molecule has 2 rings (SSSR count). The maximum absolute atomic E-state index is 13.3. The molecular weight excluding hydrogens is 302 g/mol. The molecule has 0 aliphatic carbocycles. The van der Waals surface area contributed by atoms with Crippen molar-refractivity contribution in [1.82, 2.24) is 0 Å². The smallest absolute Gasteiger partial charge is 0.262 e. The van der Waals surface area contributed by atoms with Gasteiger partial charge in [-0.15, -0.1) is 0 Å². The zero-order valence-electron chi connectivity index (χ0n) is 10.7. The highest BCUT2D eigenvalue weighted by Crippen LogP contribution is 2.22. The zero-order chi connectivity index (χ0) is 15.4. The Morgan fingerprint density at radius 3 is 2.67 bits per heavy atom. The lowest BCUT2D eigenvalue weighted by molar-refractivity contribution is -0.118. The Kier molecular flexibility index (Phi) is 4.59. The van der Waals surface area contributed by atoms with Gasteiger partial charge in [-0.3, -0.25) is 4.79 Å². The normalized spacial score (nSPS) is 10.2. The first-order valence-electron chi connectivity index (χ1n) is 5.88. The predicted molar refractivity (Wildman–Crippen MR) is 76.3 cm³/mol. The van der Waals surface area contributed by atoms with E-state index in [2.05, 4.69) is 5.32 Å². The number of nitrogen functional groups attached to an aromatic ring is 1. The minimum absolute atomic E-state index is 0.212. The molecule has 0 unspecified atom stereocenters. The van der Waals surface area contributed by atoms with Gasteiger partial charge in [0.1, 0.15) is 5.82 Å². The summed E-state index contributed by atoms with van der Waals surface area (Å²) in [6.07, 6.45) is 0. The molecule has 1 amide bonds. The van der Waals surface area contributed by atoms with Crippen molar-refractivity contribution < 1.29 is 18.3 Å². The second-order valence-electron chi connectivity index (χ2n) is 4.14. The van der Waals surface area contributed by atoms with Crippen LogP contribution in [0.2, 0.25) is 5.02 Å². The van der Waals surface area contributed by atoms with Crippen molar-refractivity contribution in [2.24, 2.45) is 0 Å². The van der Waals surface area contributed by atoms with Crippen molar-refractivity contribution in [2.45, 2.75) is 0 Å². The van der Waals surface area contributed by atoms with E-state index < -0.39 is 24.1 Å². The number of benzene rings is 2. The van der Waals surface area contributed by atoms with Crippen LogP contribution < -0.4 is 15.8 Å². The molecule has 4 nitrogen and oxygen atoms in total. The second-order valence-corrected chi connectivity index (χ2v) is 4.58. The number of carbonyl (C=O) groups excluding carboxylic acids is 1. The first-order valence-corrected chi connectivity index (χ1v) is 6.26. The van der Waals surface area contributed by atoms with Gasteiger partial charge in [0.2, 0.25) is 0 Å². The SMILES string of the molecule is Nc1cc(Cl)ccc1NC(=O)COc1ccc(F)cc1F. The number of halogens is 3. The molecule has 3 N–H and O–H groups in total. The molecule has 7 heteroatoms.